The Labute approximate surface area is 109 Å². The number of nitrogens with one attached hydrogen (secondary N) is 1. The van der Waals surface area contributed by atoms with Crippen LogP contribution in [0.2, 0.25) is 0 Å². The first-order chi connectivity index (χ1) is 8.81. The number of methoxy groups -OCH3 is 1. The van der Waals surface area contributed by atoms with Gasteiger partial charge in [-0.2, -0.15) is 0 Å². The van der Waals surface area contributed by atoms with Gasteiger partial charge in [-0.25, -0.2) is 4.98 Å². The minimum Gasteiger partial charge on any atom is -0.381 e. The maximum absolute atomic E-state index is 5.97. The van der Waals surface area contributed by atoms with Crippen LogP contribution < -0.4 is 5.32 Å². The van der Waals surface area contributed by atoms with Gasteiger partial charge in [0.1, 0.15) is 5.82 Å². The molecule has 1 N–H and O–H groups in total. The van der Waals surface area contributed by atoms with Gasteiger partial charge in [-0.05, 0) is 43.4 Å². The first-order valence-corrected chi connectivity index (χ1v) is 6.59. The van der Waals surface area contributed by atoms with Crippen LogP contribution in [0.3, 0.4) is 0 Å². The fourth-order valence-corrected chi connectivity index (χ4v) is 2.38. The molecule has 100 valence electrons. The van der Waals surface area contributed by atoms with Crippen molar-refractivity contribution >= 4 is 5.82 Å². The Kier molecular flexibility index (Phi) is 4.96. The van der Waals surface area contributed by atoms with Crippen LogP contribution in [0.1, 0.15) is 31.2 Å². The van der Waals surface area contributed by atoms with Gasteiger partial charge >= 0.3 is 0 Å². The van der Waals surface area contributed by atoms with Crippen LogP contribution in [-0.2, 0) is 16.1 Å². The van der Waals surface area contributed by atoms with Crippen LogP contribution in [0.4, 0.5) is 5.82 Å². The molecular formula is C14H22N2O2. The van der Waals surface area contributed by atoms with Gasteiger partial charge in [0.15, 0.2) is 0 Å². The molecule has 1 saturated carbocycles. The van der Waals surface area contributed by atoms with E-state index in [2.05, 4.69) is 10.3 Å². The number of nitrogens with zero attached hydrogens (tertiary/aromatic N) is 1. The fourth-order valence-electron chi connectivity index (χ4n) is 2.38. The summed E-state index contributed by atoms with van der Waals surface area (Å²) in [6, 6.07) is 4.02. The molecule has 0 aromatic carbocycles. The average molecular weight is 250 g/mol. The molecule has 0 radical (unpaired) electrons. The van der Waals surface area contributed by atoms with E-state index in [1.165, 1.54) is 6.42 Å². The Bertz CT molecular complexity index is 371. The maximum Gasteiger partial charge on any atom is 0.125 e. The average Bonchev–Trinajstić information content (AvgIpc) is 2.45. The van der Waals surface area contributed by atoms with Gasteiger partial charge in [-0.15, -0.1) is 0 Å². The van der Waals surface area contributed by atoms with Crippen LogP contribution in [0.15, 0.2) is 18.3 Å². The lowest BCUT2D eigenvalue weighted by Gasteiger charge is -2.28. The van der Waals surface area contributed by atoms with E-state index in [9.17, 15) is 0 Å². The summed E-state index contributed by atoms with van der Waals surface area (Å²) in [4.78, 5) is 4.19. The predicted octanol–water partition coefficient (Wildman–Crippen LogP) is 2.60. The van der Waals surface area contributed by atoms with Gasteiger partial charge in [-0.1, -0.05) is 0 Å². The molecule has 1 fully saturated rings. The lowest BCUT2D eigenvalue weighted by molar-refractivity contribution is -0.0363. The Balaban J connectivity index is 1.83. The Morgan fingerprint density at radius 2 is 2.22 bits per heavy atom. The molecule has 2 unspecified atom stereocenters. The summed E-state index contributed by atoms with van der Waals surface area (Å²) in [6.45, 7) is 0.651. The summed E-state index contributed by atoms with van der Waals surface area (Å²) in [7, 11) is 3.66. The lowest BCUT2D eigenvalue weighted by Crippen LogP contribution is -2.27. The molecule has 0 bridgehead atoms. The molecule has 18 heavy (non-hydrogen) atoms. The number of hydrogen-bond donors (Lipinski definition) is 1. The second-order valence-corrected chi connectivity index (χ2v) is 4.76. The monoisotopic (exact) mass is 250 g/mol. The van der Waals surface area contributed by atoms with E-state index in [4.69, 9.17) is 9.47 Å². The van der Waals surface area contributed by atoms with Crippen LogP contribution in [0, 0.1) is 0 Å². The molecule has 1 heterocycles. The van der Waals surface area contributed by atoms with E-state index >= 15 is 0 Å². The van der Waals surface area contributed by atoms with Gasteiger partial charge in [0, 0.05) is 20.4 Å². The second-order valence-electron chi connectivity index (χ2n) is 4.76. The molecule has 1 aromatic rings. The Hall–Kier alpha value is -1.13. The van der Waals surface area contributed by atoms with Gasteiger partial charge < -0.3 is 14.8 Å². The maximum atomic E-state index is 5.97. The summed E-state index contributed by atoms with van der Waals surface area (Å²) in [5.41, 5.74) is 1.16. The molecular weight excluding hydrogens is 228 g/mol. The lowest BCUT2D eigenvalue weighted by atomic mass is 9.95. The highest BCUT2D eigenvalue weighted by molar-refractivity contribution is 5.36. The zero-order chi connectivity index (χ0) is 12.8. The van der Waals surface area contributed by atoms with Crippen LogP contribution >= 0.6 is 0 Å². The third kappa shape index (κ3) is 3.68. The van der Waals surface area contributed by atoms with E-state index in [0.717, 1.165) is 30.6 Å². The first kappa shape index (κ1) is 13.3. The van der Waals surface area contributed by atoms with E-state index in [-0.39, 0.29) is 0 Å². The van der Waals surface area contributed by atoms with Crippen molar-refractivity contribution in [1.29, 1.82) is 0 Å². The van der Waals surface area contributed by atoms with E-state index in [1.54, 1.807) is 7.11 Å². The van der Waals surface area contributed by atoms with Crippen molar-refractivity contribution in [3.05, 3.63) is 23.9 Å². The predicted molar refractivity (Wildman–Crippen MR) is 71.6 cm³/mol. The van der Waals surface area contributed by atoms with Crippen LogP contribution in [0.25, 0.3) is 0 Å². The minimum absolute atomic E-state index is 0.329. The van der Waals surface area contributed by atoms with Crippen molar-refractivity contribution in [3.8, 4) is 0 Å². The van der Waals surface area contributed by atoms with Crippen LogP contribution in [-0.4, -0.2) is 31.3 Å². The van der Waals surface area contributed by atoms with E-state index < -0.39 is 0 Å². The summed E-state index contributed by atoms with van der Waals surface area (Å²) < 4.78 is 11.4. The summed E-state index contributed by atoms with van der Waals surface area (Å²) in [6.07, 6.45) is 7.02. The number of rotatable bonds is 5. The van der Waals surface area contributed by atoms with Crippen molar-refractivity contribution in [1.82, 2.24) is 4.98 Å². The van der Waals surface area contributed by atoms with Crippen molar-refractivity contribution in [2.75, 3.05) is 19.5 Å². The van der Waals surface area contributed by atoms with E-state index in [0.29, 0.717) is 18.8 Å². The molecule has 2 atom stereocenters. The third-order valence-electron chi connectivity index (χ3n) is 3.48. The zero-order valence-corrected chi connectivity index (χ0v) is 11.2. The van der Waals surface area contributed by atoms with Gasteiger partial charge in [0.05, 0.1) is 18.8 Å². The molecule has 1 aliphatic rings. The normalized spacial score (nSPS) is 23.9. The van der Waals surface area contributed by atoms with E-state index in [1.807, 2.05) is 25.4 Å². The summed E-state index contributed by atoms with van der Waals surface area (Å²) in [5.74, 6) is 0.884. The molecule has 4 heteroatoms. The number of aromatic nitrogens is 1. The van der Waals surface area contributed by atoms with Crippen molar-refractivity contribution in [2.45, 2.75) is 44.5 Å². The smallest absolute Gasteiger partial charge is 0.125 e. The number of ether oxygens (including phenoxy) is 2. The number of pyridine rings is 1. The number of anilines is 1. The third-order valence-corrected chi connectivity index (χ3v) is 3.48. The highest BCUT2D eigenvalue weighted by Gasteiger charge is 2.22. The zero-order valence-electron chi connectivity index (χ0n) is 11.2. The largest absolute Gasteiger partial charge is 0.381 e. The highest BCUT2D eigenvalue weighted by atomic mass is 16.5. The van der Waals surface area contributed by atoms with Crippen molar-refractivity contribution in [3.63, 3.8) is 0 Å². The Morgan fingerprint density at radius 1 is 1.39 bits per heavy atom. The van der Waals surface area contributed by atoms with Gasteiger partial charge in [0.2, 0.25) is 0 Å². The summed E-state index contributed by atoms with van der Waals surface area (Å²) >= 11 is 0. The van der Waals surface area contributed by atoms with Gasteiger partial charge in [-0.3, -0.25) is 0 Å². The molecule has 0 saturated heterocycles. The highest BCUT2D eigenvalue weighted by Crippen LogP contribution is 2.24. The van der Waals surface area contributed by atoms with Crippen LogP contribution in [0.5, 0.6) is 0 Å². The molecule has 2 rings (SSSR count). The fraction of sp³-hybridized carbons (Fsp3) is 0.643. The van der Waals surface area contributed by atoms with Crippen molar-refractivity contribution < 1.29 is 9.47 Å². The molecule has 0 spiro atoms. The van der Waals surface area contributed by atoms with Gasteiger partial charge in [0.25, 0.3) is 0 Å². The molecule has 0 aliphatic heterocycles. The molecule has 1 aliphatic carbocycles. The molecule has 4 nitrogen and oxygen atoms in total. The van der Waals surface area contributed by atoms with Crippen molar-refractivity contribution in [2.24, 2.45) is 0 Å². The molecule has 1 aromatic heterocycles. The minimum atomic E-state index is 0.329. The SMILES string of the molecule is CNc1cc(COC2CCCC(OC)C2)ccn1. The topological polar surface area (TPSA) is 43.4 Å². The quantitative estimate of drug-likeness (QED) is 0.872. The second kappa shape index (κ2) is 6.71. The Morgan fingerprint density at radius 3 is 3.00 bits per heavy atom. The standard InChI is InChI=1S/C14H22N2O2/c1-15-14-8-11(6-7-16-14)10-18-13-5-3-4-12(9-13)17-2/h6-8,12-13H,3-5,9-10H2,1-2H3,(H,15,16). The molecule has 0 amide bonds. The first-order valence-electron chi connectivity index (χ1n) is 6.59. The number of hydrogen-bond acceptors (Lipinski definition) is 4. The summed E-state index contributed by atoms with van der Waals surface area (Å²) in [5, 5.41) is 3.03.